The molecule has 0 radical (unpaired) electrons. The molecule has 0 N–H and O–H groups in total. The molecule has 2 unspecified atom stereocenters. The molecule has 1 aliphatic carbocycles. The highest BCUT2D eigenvalue weighted by Crippen LogP contribution is 2.45. The average Bonchev–Trinajstić information content (AvgIpc) is 3.19. The lowest BCUT2D eigenvalue weighted by molar-refractivity contribution is -0.145. The van der Waals surface area contributed by atoms with Crippen molar-refractivity contribution in [2.45, 2.75) is 55.5 Å². The minimum Gasteiger partial charge on any atom is -0.465 e. The van der Waals surface area contributed by atoms with Gasteiger partial charge in [-0.05, 0) is 45.7 Å². The third-order valence-electron chi connectivity index (χ3n) is 5.63. The number of benzene rings is 1. The number of carbonyl (C=O) groups is 2. The third kappa shape index (κ3) is 3.87. The Morgan fingerprint density at radius 2 is 2.07 bits per heavy atom. The predicted molar refractivity (Wildman–Crippen MR) is 127 cm³/mol. The number of nitrogens with zero attached hydrogens (tertiary/aromatic N) is 2. The first-order valence-corrected chi connectivity index (χ1v) is 12.5. The SMILES string of the molecule is CCOC(=O)C(C)(C)Sc1nc2cc(N3C(=O)C4CCCCC4C3=S)c(Cl)cc2s1. The minimum absolute atomic E-state index is 0.0232. The van der Waals surface area contributed by atoms with Crippen LogP contribution in [0.4, 0.5) is 5.69 Å². The van der Waals surface area contributed by atoms with Crippen LogP contribution in [0.5, 0.6) is 0 Å². The monoisotopic (exact) mass is 482 g/mol. The Bertz CT molecular complexity index is 1010. The highest BCUT2D eigenvalue weighted by molar-refractivity contribution is 8.03. The van der Waals surface area contributed by atoms with Crippen molar-refractivity contribution in [1.29, 1.82) is 0 Å². The van der Waals surface area contributed by atoms with Crippen LogP contribution in [0, 0.1) is 11.8 Å². The van der Waals surface area contributed by atoms with E-state index in [0.717, 1.165) is 40.2 Å². The number of amides is 1. The van der Waals surface area contributed by atoms with Gasteiger partial charge in [0, 0.05) is 11.8 Å². The molecule has 1 aromatic carbocycles. The van der Waals surface area contributed by atoms with E-state index in [9.17, 15) is 9.59 Å². The number of esters is 1. The molecule has 2 fully saturated rings. The van der Waals surface area contributed by atoms with E-state index in [1.54, 1.807) is 11.8 Å². The zero-order valence-corrected chi connectivity index (χ0v) is 20.3. The third-order valence-corrected chi connectivity index (χ3v) is 8.67. The van der Waals surface area contributed by atoms with Crippen molar-refractivity contribution in [1.82, 2.24) is 4.98 Å². The predicted octanol–water partition coefficient (Wildman–Crippen LogP) is 5.86. The number of hydrogen-bond acceptors (Lipinski definition) is 7. The smallest absolute Gasteiger partial charge is 0.322 e. The van der Waals surface area contributed by atoms with E-state index in [1.165, 1.54) is 23.1 Å². The lowest BCUT2D eigenvalue weighted by Crippen LogP contribution is -2.30. The van der Waals surface area contributed by atoms with Gasteiger partial charge in [-0.25, -0.2) is 4.98 Å². The quantitative estimate of drug-likeness (QED) is 0.302. The summed E-state index contributed by atoms with van der Waals surface area (Å²) in [6.07, 6.45) is 4.03. The molecule has 4 rings (SSSR count). The van der Waals surface area contributed by atoms with Crippen LogP contribution in [-0.2, 0) is 14.3 Å². The Morgan fingerprint density at radius 3 is 2.73 bits per heavy atom. The molecule has 2 atom stereocenters. The first-order valence-electron chi connectivity index (χ1n) is 10.1. The molecule has 0 bridgehead atoms. The van der Waals surface area contributed by atoms with Crippen molar-refractivity contribution < 1.29 is 14.3 Å². The van der Waals surface area contributed by atoms with Crippen LogP contribution in [0.15, 0.2) is 16.5 Å². The van der Waals surface area contributed by atoms with E-state index in [1.807, 2.05) is 26.0 Å². The van der Waals surface area contributed by atoms with Gasteiger partial charge in [0.2, 0.25) is 5.91 Å². The highest BCUT2D eigenvalue weighted by atomic mass is 35.5. The number of rotatable bonds is 5. The lowest BCUT2D eigenvalue weighted by Gasteiger charge is -2.21. The van der Waals surface area contributed by atoms with Crippen molar-refractivity contribution in [2.75, 3.05) is 11.5 Å². The van der Waals surface area contributed by atoms with Gasteiger partial charge in [-0.15, -0.1) is 11.3 Å². The average molecular weight is 483 g/mol. The molecule has 160 valence electrons. The summed E-state index contributed by atoms with van der Waals surface area (Å²) in [5.74, 6) is -0.104. The standard InChI is InChI=1S/C21H23ClN2O3S3/c1-4-27-19(26)21(2,3)30-20-23-14-10-15(13(22)9-16(14)29-20)24-17(25)11-7-5-6-8-12(11)18(24)28/h9-12H,4-8H2,1-3H3. The van der Waals surface area contributed by atoms with Crippen LogP contribution in [0.25, 0.3) is 10.2 Å². The van der Waals surface area contributed by atoms with Gasteiger partial charge in [0.15, 0.2) is 4.34 Å². The van der Waals surface area contributed by atoms with Crippen LogP contribution >= 0.6 is 46.9 Å². The first kappa shape index (κ1) is 22.0. The molecule has 30 heavy (non-hydrogen) atoms. The summed E-state index contributed by atoms with van der Waals surface area (Å²) in [6, 6.07) is 3.68. The second kappa shape index (κ2) is 8.37. The second-order valence-corrected chi connectivity index (χ2v) is 11.8. The van der Waals surface area contributed by atoms with E-state index >= 15 is 0 Å². The first-order chi connectivity index (χ1) is 14.2. The maximum absolute atomic E-state index is 13.1. The minimum atomic E-state index is -0.751. The second-order valence-electron chi connectivity index (χ2n) is 8.09. The van der Waals surface area contributed by atoms with Crippen LogP contribution in [0.3, 0.4) is 0 Å². The Labute approximate surface area is 194 Å². The summed E-state index contributed by atoms with van der Waals surface area (Å²) < 4.78 is 6.07. The fraction of sp³-hybridized carbons (Fsp3) is 0.524. The van der Waals surface area contributed by atoms with E-state index < -0.39 is 4.75 Å². The van der Waals surface area contributed by atoms with Crippen LogP contribution < -0.4 is 4.90 Å². The molecule has 1 aliphatic heterocycles. The van der Waals surface area contributed by atoms with Crippen molar-refractivity contribution >= 4 is 79.7 Å². The van der Waals surface area contributed by atoms with Gasteiger partial charge >= 0.3 is 5.97 Å². The summed E-state index contributed by atoms with van der Waals surface area (Å²) in [5.41, 5.74) is 1.35. The van der Waals surface area contributed by atoms with E-state index in [2.05, 4.69) is 4.98 Å². The number of carbonyl (C=O) groups excluding carboxylic acids is 2. The summed E-state index contributed by atoms with van der Waals surface area (Å²) in [5, 5.41) is 0.488. The fourth-order valence-corrected chi connectivity index (χ4v) is 7.38. The van der Waals surface area contributed by atoms with Gasteiger partial charge < -0.3 is 4.74 Å². The van der Waals surface area contributed by atoms with Gasteiger partial charge in [-0.3, -0.25) is 14.5 Å². The number of hydrogen-bond donors (Lipinski definition) is 0. The summed E-state index contributed by atoms with van der Waals surface area (Å²) in [4.78, 5) is 32.3. The van der Waals surface area contributed by atoms with Gasteiger partial charge in [-0.1, -0.05) is 48.4 Å². The Balaban J connectivity index is 1.65. The number of aromatic nitrogens is 1. The fourth-order valence-electron chi connectivity index (χ4n) is 4.10. The van der Waals surface area contributed by atoms with E-state index in [4.69, 9.17) is 28.6 Å². The van der Waals surface area contributed by atoms with Gasteiger partial charge in [0.05, 0.1) is 32.5 Å². The van der Waals surface area contributed by atoms with E-state index in [-0.39, 0.29) is 23.7 Å². The Hall–Kier alpha value is -1.22. The molecule has 1 aromatic heterocycles. The number of thiocarbonyl (C=S) groups is 1. The van der Waals surface area contributed by atoms with Crippen LogP contribution in [0.2, 0.25) is 5.02 Å². The molecule has 9 heteroatoms. The Kier molecular flexibility index (Phi) is 6.14. The zero-order valence-electron chi connectivity index (χ0n) is 17.1. The van der Waals surface area contributed by atoms with Crippen molar-refractivity contribution in [3.8, 4) is 0 Å². The molecule has 1 saturated heterocycles. The molecule has 0 spiro atoms. The summed E-state index contributed by atoms with van der Waals surface area (Å²) >= 11 is 15.1. The van der Waals surface area contributed by atoms with Crippen molar-refractivity contribution in [2.24, 2.45) is 11.8 Å². The number of fused-ring (bicyclic) bond motifs is 2. The highest BCUT2D eigenvalue weighted by Gasteiger charge is 2.46. The molecular formula is C21H23ClN2O3S3. The summed E-state index contributed by atoms with van der Waals surface area (Å²) in [6.45, 7) is 5.78. The van der Waals surface area contributed by atoms with Crippen molar-refractivity contribution in [3.63, 3.8) is 0 Å². The van der Waals surface area contributed by atoms with Crippen LogP contribution in [0.1, 0.15) is 46.5 Å². The topological polar surface area (TPSA) is 59.5 Å². The lowest BCUT2D eigenvalue weighted by atomic mass is 9.81. The molecule has 1 amide bonds. The van der Waals surface area contributed by atoms with Gasteiger partial charge in [0.25, 0.3) is 0 Å². The molecule has 2 aliphatic rings. The molecule has 2 aromatic rings. The van der Waals surface area contributed by atoms with Crippen molar-refractivity contribution in [3.05, 3.63) is 17.2 Å². The van der Waals surface area contributed by atoms with Gasteiger partial charge in [-0.2, -0.15) is 0 Å². The normalized spacial score (nSPS) is 21.9. The van der Waals surface area contributed by atoms with Gasteiger partial charge in [0.1, 0.15) is 4.75 Å². The molecule has 5 nitrogen and oxygen atoms in total. The number of thioether (sulfide) groups is 1. The molecular weight excluding hydrogens is 460 g/mol. The Morgan fingerprint density at radius 1 is 1.37 bits per heavy atom. The number of thiazole rings is 1. The zero-order chi connectivity index (χ0) is 21.6. The van der Waals surface area contributed by atoms with Crippen LogP contribution in [-0.4, -0.2) is 33.2 Å². The number of anilines is 1. The largest absolute Gasteiger partial charge is 0.465 e. The number of halogens is 1. The number of ether oxygens (including phenoxy) is 1. The molecule has 2 heterocycles. The molecule has 1 saturated carbocycles. The maximum Gasteiger partial charge on any atom is 0.322 e. The maximum atomic E-state index is 13.1. The summed E-state index contributed by atoms with van der Waals surface area (Å²) in [7, 11) is 0. The van der Waals surface area contributed by atoms with E-state index in [0.29, 0.717) is 22.3 Å².